The summed E-state index contributed by atoms with van der Waals surface area (Å²) in [6.45, 7) is 2.04. The van der Waals surface area contributed by atoms with E-state index < -0.39 is 5.82 Å². The molecule has 0 aromatic heterocycles. The van der Waals surface area contributed by atoms with Gasteiger partial charge < -0.3 is 14.8 Å². The van der Waals surface area contributed by atoms with Crippen molar-refractivity contribution in [3.05, 3.63) is 89.1 Å². The van der Waals surface area contributed by atoms with Gasteiger partial charge in [-0.15, -0.1) is 0 Å². The molecule has 0 radical (unpaired) electrons. The maximum absolute atomic E-state index is 13.3. The summed E-state index contributed by atoms with van der Waals surface area (Å²) in [5, 5.41) is 2.76. The Hall–Kier alpha value is -3.69. The Morgan fingerprint density at radius 1 is 1.06 bits per heavy atom. The second kappa shape index (κ2) is 11.2. The zero-order valence-corrected chi connectivity index (χ0v) is 20.3. The minimum Gasteiger partial charge on any atom is -0.490 e. The van der Waals surface area contributed by atoms with Crippen LogP contribution >= 0.6 is 24.0 Å². The molecule has 0 bridgehead atoms. The Bertz CT molecular complexity index is 1280. The van der Waals surface area contributed by atoms with Gasteiger partial charge >= 0.3 is 0 Å². The molecule has 3 aromatic rings. The number of hydrogen-bond acceptors (Lipinski definition) is 6. The predicted molar refractivity (Wildman–Crippen MR) is 140 cm³/mol. The number of para-hydroxylation sites is 1. The van der Waals surface area contributed by atoms with Gasteiger partial charge in [-0.05, 0) is 67.1 Å². The second-order valence-electron chi connectivity index (χ2n) is 7.34. The van der Waals surface area contributed by atoms with E-state index in [2.05, 4.69) is 5.32 Å². The maximum atomic E-state index is 13.3. The molecule has 1 saturated heterocycles. The molecule has 0 aliphatic carbocycles. The quantitative estimate of drug-likeness (QED) is 0.313. The zero-order valence-electron chi connectivity index (χ0n) is 18.7. The summed E-state index contributed by atoms with van der Waals surface area (Å²) in [4.78, 5) is 27.0. The van der Waals surface area contributed by atoms with E-state index in [0.717, 1.165) is 11.8 Å². The molecule has 2 amide bonds. The Balaban J connectivity index is 1.48. The largest absolute Gasteiger partial charge is 0.490 e. The van der Waals surface area contributed by atoms with Crippen LogP contribution in [0.2, 0.25) is 0 Å². The van der Waals surface area contributed by atoms with Crippen molar-refractivity contribution in [1.82, 2.24) is 0 Å². The summed E-state index contributed by atoms with van der Waals surface area (Å²) in [5.41, 5.74) is 1.89. The van der Waals surface area contributed by atoms with E-state index in [9.17, 15) is 14.0 Å². The van der Waals surface area contributed by atoms with Crippen LogP contribution in [0.15, 0.2) is 77.7 Å². The molecule has 9 heteroatoms. The van der Waals surface area contributed by atoms with Crippen LogP contribution < -0.4 is 19.7 Å². The van der Waals surface area contributed by atoms with Crippen LogP contribution in [-0.4, -0.2) is 29.3 Å². The van der Waals surface area contributed by atoms with E-state index in [-0.39, 0.29) is 18.4 Å². The monoisotopic (exact) mass is 508 g/mol. The van der Waals surface area contributed by atoms with Crippen molar-refractivity contribution in [1.29, 1.82) is 0 Å². The molecule has 1 fully saturated rings. The fourth-order valence-corrected chi connectivity index (χ4v) is 4.59. The molecule has 0 unspecified atom stereocenters. The number of anilines is 2. The number of carbonyl (C=O) groups is 2. The number of halogens is 1. The Morgan fingerprint density at radius 3 is 2.51 bits per heavy atom. The first kappa shape index (κ1) is 24.4. The van der Waals surface area contributed by atoms with Crippen molar-refractivity contribution in [3.63, 3.8) is 0 Å². The molecule has 1 N–H and O–H groups in total. The van der Waals surface area contributed by atoms with Crippen LogP contribution in [0.3, 0.4) is 0 Å². The molecule has 0 atom stereocenters. The molecule has 0 spiro atoms. The first-order chi connectivity index (χ1) is 16.9. The first-order valence-electron chi connectivity index (χ1n) is 10.7. The highest BCUT2D eigenvalue weighted by molar-refractivity contribution is 8.27. The lowest BCUT2D eigenvalue weighted by Crippen LogP contribution is -2.27. The molecule has 0 saturated carbocycles. The van der Waals surface area contributed by atoms with E-state index >= 15 is 0 Å². The number of rotatable bonds is 8. The third-order valence-corrected chi connectivity index (χ3v) is 6.16. The van der Waals surface area contributed by atoms with Gasteiger partial charge in [0.2, 0.25) is 0 Å². The SMILES string of the molecule is CCOc1cc(/C=C2\SC(=S)N(c3ccc(F)cc3)C2=O)ccc1OCC(=O)Nc1ccccc1. The van der Waals surface area contributed by atoms with E-state index in [1.165, 1.54) is 29.2 Å². The van der Waals surface area contributed by atoms with Crippen LogP contribution in [-0.2, 0) is 9.59 Å². The number of thioether (sulfide) groups is 1. The van der Waals surface area contributed by atoms with Gasteiger partial charge in [0.25, 0.3) is 11.8 Å². The normalized spacial score (nSPS) is 14.3. The standard InChI is InChI=1S/C26H21FN2O4S2/c1-2-32-22-14-17(8-13-21(22)33-16-24(30)28-19-6-4-3-5-7-19)15-23-25(31)29(26(34)35-23)20-11-9-18(27)10-12-20/h3-15H,2,16H2,1H3,(H,28,30)/b23-15-. The van der Waals surface area contributed by atoms with Gasteiger partial charge in [0.15, 0.2) is 22.4 Å². The molecule has 1 aliphatic rings. The highest BCUT2D eigenvalue weighted by Gasteiger charge is 2.33. The minimum atomic E-state index is -0.391. The van der Waals surface area contributed by atoms with E-state index in [1.54, 1.807) is 36.4 Å². The number of thiocarbonyl (C=S) groups is 1. The third kappa shape index (κ3) is 6.06. The molecule has 178 valence electrons. The smallest absolute Gasteiger partial charge is 0.270 e. The van der Waals surface area contributed by atoms with Crippen molar-refractivity contribution in [2.24, 2.45) is 0 Å². The number of nitrogens with zero attached hydrogens (tertiary/aromatic N) is 1. The number of hydrogen-bond donors (Lipinski definition) is 1. The average molecular weight is 509 g/mol. The van der Waals surface area contributed by atoms with E-state index in [4.69, 9.17) is 21.7 Å². The fourth-order valence-electron chi connectivity index (χ4n) is 3.30. The van der Waals surface area contributed by atoms with Gasteiger partial charge in [0, 0.05) is 5.69 Å². The zero-order chi connectivity index (χ0) is 24.8. The Morgan fingerprint density at radius 2 is 1.80 bits per heavy atom. The second-order valence-corrected chi connectivity index (χ2v) is 9.01. The summed E-state index contributed by atoms with van der Waals surface area (Å²) in [7, 11) is 0. The molecule has 1 aliphatic heterocycles. The van der Waals surface area contributed by atoms with Gasteiger partial charge in [0.05, 0.1) is 17.2 Å². The van der Waals surface area contributed by atoms with Crippen molar-refractivity contribution in [2.75, 3.05) is 23.4 Å². The number of carbonyl (C=O) groups excluding carboxylic acids is 2. The van der Waals surface area contributed by atoms with Crippen molar-refractivity contribution in [3.8, 4) is 11.5 Å². The van der Waals surface area contributed by atoms with Gasteiger partial charge in [-0.2, -0.15) is 0 Å². The summed E-state index contributed by atoms with van der Waals surface area (Å²) in [5.74, 6) is -0.124. The average Bonchev–Trinajstić information content (AvgIpc) is 3.12. The minimum absolute atomic E-state index is 0.190. The number of nitrogens with one attached hydrogen (secondary N) is 1. The lowest BCUT2D eigenvalue weighted by atomic mass is 10.1. The predicted octanol–water partition coefficient (Wildman–Crippen LogP) is 5.65. The highest BCUT2D eigenvalue weighted by atomic mass is 32.2. The lowest BCUT2D eigenvalue weighted by molar-refractivity contribution is -0.118. The van der Waals surface area contributed by atoms with Crippen LogP contribution in [0.1, 0.15) is 12.5 Å². The molecule has 3 aromatic carbocycles. The van der Waals surface area contributed by atoms with Gasteiger partial charge in [-0.25, -0.2) is 4.39 Å². The van der Waals surface area contributed by atoms with Crippen molar-refractivity contribution in [2.45, 2.75) is 6.92 Å². The van der Waals surface area contributed by atoms with Crippen molar-refractivity contribution < 1.29 is 23.5 Å². The van der Waals surface area contributed by atoms with Gasteiger partial charge in [-0.1, -0.05) is 48.2 Å². The number of ether oxygens (including phenoxy) is 2. The maximum Gasteiger partial charge on any atom is 0.270 e. The summed E-state index contributed by atoms with van der Waals surface area (Å²) >= 11 is 6.53. The highest BCUT2D eigenvalue weighted by Crippen LogP contribution is 2.37. The van der Waals surface area contributed by atoms with Crippen LogP contribution in [0.25, 0.3) is 6.08 Å². The Labute approximate surface area is 211 Å². The summed E-state index contributed by atoms with van der Waals surface area (Å²) in [6.07, 6.45) is 1.71. The molecular weight excluding hydrogens is 487 g/mol. The molecular formula is C26H21FN2O4S2. The fraction of sp³-hybridized carbons (Fsp3) is 0.115. The van der Waals surface area contributed by atoms with Crippen LogP contribution in [0.5, 0.6) is 11.5 Å². The van der Waals surface area contributed by atoms with Crippen LogP contribution in [0, 0.1) is 5.82 Å². The lowest BCUT2D eigenvalue weighted by Gasteiger charge is -2.14. The van der Waals surface area contributed by atoms with Crippen LogP contribution in [0.4, 0.5) is 15.8 Å². The third-order valence-electron chi connectivity index (χ3n) is 4.86. The number of amides is 2. The van der Waals surface area contributed by atoms with Gasteiger partial charge in [0.1, 0.15) is 5.82 Å². The first-order valence-corrected chi connectivity index (χ1v) is 11.9. The molecule has 1 heterocycles. The molecule has 35 heavy (non-hydrogen) atoms. The molecule has 6 nitrogen and oxygen atoms in total. The van der Waals surface area contributed by atoms with E-state index in [0.29, 0.717) is 44.3 Å². The molecule has 4 rings (SSSR count). The topological polar surface area (TPSA) is 67.9 Å². The number of benzene rings is 3. The summed E-state index contributed by atoms with van der Waals surface area (Å²) < 4.78 is 25.0. The van der Waals surface area contributed by atoms with Gasteiger partial charge in [-0.3, -0.25) is 14.5 Å². The summed E-state index contributed by atoms with van der Waals surface area (Å²) in [6, 6.07) is 19.9. The van der Waals surface area contributed by atoms with E-state index in [1.807, 2.05) is 25.1 Å². The van der Waals surface area contributed by atoms with Crippen molar-refractivity contribution >= 4 is 57.6 Å². The Kier molecular flexibility index (Phi) is 7.79.